The first-order chi connectivity index (χ1) is 16.1. The van der Waals surface area contributed by atoms with Crippen molar-refractivity contribution in [2.75, 3.05) is 43.1 Å². The van der Waals surface area contributed by atoms with Crippen LogP contribution in [-0.2, 0) is 19.1 Å². The molecule has 0 bridgehead atoms. The van der Waals surface area contributed by atoms with Crippen molar-refractivity contribution in [2.24, 2.45) is 0 Å². The van der Waals surface area contributed by atoms with Crippen molar-refractivity contribution in [1.82, 2.24) is 10.3 Å². The Labute approximate surface area is 195 Å². The molecule has 11 heteroatoms. The molecule has 1 aromatic heterocycles. The van der Waals surface area contributed by atoms with Crippen LogP contribution in [0.15, 0.2) is 29.8 Å². The average Bonchev–Trinajstić information content (AvgIpc) is 3.54. The van der Waals surface area contributed by atoms with Gasteiger partial charge in [-0.15, -0.1) is 11.3 Å². The largest absolute Gasteiger partial charge is 0.486 e. The van der Waals surface area contributed by atoms with Gasteiger partial charge >= 0.3 is 0 Å². The molecule has 33 heavy (non-hydrogen) atoms. The second kappa shape index (κ2) is 11.1. The molecule has 3 heterocycles. The molecule has 0 unspecified atom stereocenters. The lowest BCUT2D eigenvalue weighted by Gasteiger charge is -2.25. The van der Waals surface area contributed by atoms with Crippen LogP contribution in [0.1, 0.15) is 25.7 Å². The predicted octanol–water partition coefficient (Wildman–Crippen LogP) is 1.96. The zero-order valence-corrected chi connectivity index (χ0v) is 18.9. The Morgan fingerprint density at radius 3 is 2.70 bits per heavy atom. The number of amides is 3. The lowest BCUT2D eigenvalue weighted by Crippen LogP contribution is -2.43. The molecule has 2 aliphatic rings. The normalized spacial score (nSPS) is 16.8. The summed E-state index contributed by atoms with van der Waals surface area (Å²) in [7, 11) is 0. The zero-order chi connectivity index (χ0) is 23.0. The minimum atomic E-state index is -0.353. The van der Waals surface area contributed by atoms with E-state index in [0.717, 1.165) is 12.8 Å². The van der Waals surface area contributed by atoms with Crippen LogP contribution in [-0.4, -0.2) is 61.7 Å². The van der Waals surface area contributed by atoms with Crippen LogP contribution in [0.2, 0.25) is 0 Å². The van der Waals surface area contributed by atoms with E-state index in [1.54, 1.807) is 29.8 Å². The van der Waals surface area contributed by atoms with Gasteiger partial charge in [-0.25, -0.2) is 4.98 Å². The maximum Gasteiger partial charge on any atom is 0.240 e. The van der Waals surface area contributed by atoms with Gasteiger partial charge in [-0.2, -0.15) is 0 Å². The van der Waals surface area contributed by atoms with Crippen molar-refractivity contribution in [2.45, 2.75) is 31.8 Å². The first-order valence-electron chi connectivity index (χ1n) is 10.9. The van der Waals surface area contributed by atoms with Crippen molar-refractivity contribution < 1.29 is 28.6 Å². The van der Waals surface area contributed by atoms with Gasteiger partial charge in [-0.1, -0.05) is 0 Å². The summed E-state index contributed by atoms with van der Waals surface area (Å²) < 4.78 is 16.7. The van der Waals surface area contributed by atoms with E-state index in [-0.39, 0.29) is 43.2 Å². The molecule has 1 aromatic carbocycles. The highest BCUT2D eigenvalue weighted by molar-refractivity contribution is 7.13. The maximum atomic E-state index is 13.1. The highest BCUT2D eigenvalue weighted by atomic mass is 32.1. The molecular formula is C22H26N4O6S. The number of benzene rings is 1. The van der Waals surface area contributed by atoms with E-state index in [4.69, 9.17) is 14.2 Å². The van der Waals surface area contributed by atoms with E-state index >= 15 is 0 Å². The molecule has 1 atom stereocenters. The summed E-state index contributed by atoms with van der Waals surface area (Å²) in [6.07, 6.45) is 3.37. The van der Waals surface area contributed by atoms with Gasteiger partial charge in [0.2, 0.25) is 17.7 Å². The van der Waals surface area contributed by atoms with E-state index in [1.165, 1.54) is 16.2 Å². The first-order valence-corrected chi connectivity index (χ1v) is 11.7. The third-order valence-corrected chi connectivity index (χ3v) is 5.92. The Morgan fingerprint density at radius 1 is 1.09 bits per heavy atom. The van der Waals surface area contributed by atoms with Crippen LogP contribution in [0, 0.1) is 0 Å². The van der Waals surface area contributed by atoms with Gasteiger partial charge in [-0.3, -0.25) is 14.4 Å². The van der Waals surface area contributed by atoms with Crippen LogP contribution in [0.4, 0.5) is 10.8 Å². The van der Waals surface area contributed by atoms with E-state index < -0.39 is 0 Å². The minimum absolute atomic E-state index is 0.00181. The number of carbonyl (C=O) groups excluding carboxylic acids is 3. The highest BCUT2D eigenvalue weighted by Crippen LogP contribution is 2.34. The summed E-state index contributed by atoms with van der Waals surface area (Å²) in [5.41, 5.74) is 0.497. The second-order valence-corrected chi connectivity index (χ2v) is 8.53. The summed E-state index contributed by atoms with van der Waals surface area (Å²) in [6, 6.07) is 5.09. The van der Waals surface area contributed by atoms with E-state index in [1.807, 2.05) is 0 Å². The fourth-order valence-corrected chi connectivity index (χ4v) is 4.12. The van der Waals surface area contributed by atoms with Crippen molar-refractivity contribution >= 4 is 39.9 Å². The summed E-state index contributed by atoms with van der Waals surface area (Å²) in [6.45, 7) is 1.78. The van der Waals surface area contributed by atoms with Gasteiger partial charge in [0.05, 0.1) is 6.10 Å². The SMILES string of the molecule is O=C(CN(C(=O)CCC(=O)Nc1nccs1)c1ccc2c(c1)OCCO2)NC[C@H]1CCCO1. The molecule has 2 N–H and O–H groups in total. The number of hydrogen-bond acceptors (Lipinski definition) is 8. The molecule has 176 valence electrons. The lowest BCUT2D eigenvalue weighted by atomic mass is 10.2. The third kappa shape index (κ3) is 6.42. The maximum absolute atomic E-state index is 13.1. The monoisotopic (exact) mass is 474 g/mol. The summed E-state index contributed by atoms with van der Waals surface area (Å²) in [4.78, 5) is 43.2. The number of hydrogen-bond donors (Lipinski definition) is 2. The molecule has 1 fully saturated rings. The smallest absolute Gasteiger partial charge is 0.240 e. The van der Waals surface area contributed by atoms with E-state index in [0.29, 0.717) is 48.7 Å². The molecule has 10 nitrogen and oxygen atoms in total. The van der Waals surface area contributed by atoms with Crippen molar-refractivity contribution in [3.63, 3.8) is 0 Å². The van der Waals surface area contributed by atoms with Gasteiger partial charge in [0, 0.05) is 49.3 Å². The van der Waals surface area contributed by atoms with Crippen molar-refractivity contribution in [3.05, 3.63) is 29.8 Å². The zero-order valence-electron chi connectivity index (χ0n) is 18.1. The number of aromatic nitrogens is 1. The summed E-state index contributed by atoms with van der Waals surface area (Å²) in [5.74, 6) is 0.123. The molecule has 4 rings (SSSR count). The fourth-order valence-electron chi connectivity index (χ4n) is 3.58. The number of fused-ring (bicyclic) bond motifs is 1. The van der Waals surface area contributed by atoms with Crippen molar-refractivity contribution in [3.8, 4) is 11.5 Å². The molecular weight excluding hydrogens is 448 g/mol. The fraction of sp³-hybridized carbons (Fsp3) is 0.455. The topological polar surface area (TPSA) is 119 Å². The highest BCUT2D eigenvalue weighted by Gasteiger charge is 2.24. The molecule has 1 saturated heterocycles. The number of carbonyl (C=O) groups is 3. The predicted molar refractivity (Wildman–Crippen MR) is 122 cm³/mol. The molecule has 0 saturated carbocycles. The Morgan fingerprint density at radius 2 is 1.94 bits per heavy atom. The molecule has 2 aromatic rings. The molecule has 0 spiro atoms. The number of anilines is 2. The number of nitrogens with zero attached hydrogens (tertiary/aromatic N) is 2. The van der Waals surface area contributed by atoms with E-state index in [2.05, 4.69) is 15.6 Å². The van der Waals surface area contributed by atoms with Crippen LogP contribution < -0.4 is 25.0 Å². The summed E-state index contributed by atoms with van der Waals surface area (Å²) in [5, 5.41) is 7.72. The van der Waals surface area contributed by atoms with Crippen LogP contribution in [0.3, 0.4) is 0 Å². The Kier molecular flexibility index (Phi) is 7.74. The number of nitrogens with one attached hydrogen (secondary N) is 2. The van der Waals surface area contributed by atoms with Gasteiger partial charge in [-0.05, 0) is 25.0 Å². The Balaban J connectivity index is 1.41. The molecule has 3 amide bonds. The minimum Gasteiger partial charge on any atom is -0.486 e. The lowest BCUT2D eigenvalue weighted by molar-refractivity contribution is -0.125. The molecule has 0 aliphatic carbocycles. The second-order valence-electron chi connectivity index (χ2n) is 7.63. The van der Waals surface area contributed by atoms with Gasteiger partial charge < -0.3 is 29.7 Å². The number of thiazole rings is 1. The third-order valence-electron chi connectivity index (χ3n) is 5.24. The van der Waals surface area contributed by atoms with E-state index in [9.17, 15) is 14.4 Å². The molecule has 0 radical (unpaired) electrons. The van der Waals surface area contributed by atoms with Crippen LogP contribution >= 0.6 is 11.3 Å². The van der Waals surface area contributed by atoms with Gasteiger partial charge in [0.1, 0.15) is 19.8 Å². The number of ether oxygens (including phenoxy) is 3. The van der Waals surface area contributed by atoms with Crippen LogP contribution in [0.5, 0.6) is 11.5 Å². The van der Waals surface area contributed by atoms with Gasteiger partial charge in [0.15, 0.2) is 16.6 Å². The van der Waals surface area contributed by atoms with Crippen molar-refractivity contribution in [1.29, 1.82) is 0 Å². The number of rotatable bonds is 9. The van der Waals surface area contributed by atoms with Crippen LogP contribution in [0.25, 0.3) is 0 Å². The Bertz CT molecular complexity index is 977. The Hall–Kier alpha value is -3.18. The van der Waals surface area contributed by atoms with Gasteiger partial charge in [0.25, 0.3) is 0 Å². The quantitative estimate of drug-likeness (QED) is 0.570. The average molecular weight is 475 g/mol. The first kappa shape index (κ1) is 23.0. The molecule has 2 aliphatic heterocycles. The standard InChI is InChI=1S/C22H26N4O6S/c27-19(25-22-23-7-11-33-22)5-6-21(29)26(14-20(28)24-13-16-2-1-8-30-16)15-3-4-17-18(12-15)32-10-9-31-17/h3-4,7,11-12,16H,1-2,5-6,8-10,13-14H2,(H,24,28)(H,23,25,27)/t16-/m1/s1. The summed E-state index contributed by atoms with van der Waals surface area (Å²) >= 11 is 1.30.